The minimum Gasteiger partial charge on any atom is -0.850 e. The average molecular weight is 199 g/mol. The SMILES string of the molecule is CCC(C)(C)[O-].CCC(C)(C)[O-].[Mg+2]. The molecule has 0 saturated carbocycles. The van der Waals surface area contributed by atoms with E-state index in [4.69, 9.17) is 0 Å². The van der Waals surface area contributed by atoms with Crippen molar-refractivity contribution in [3.63, 3.8) is 0 Å². The first-order valence-electron chi connectivity index (χ1n) is 4.53. The van der Waals surface area contributed by atoms with E-state index in [-0.39, 0.29) is 23.1 Å². The molecular formula is C10H22MgO2. The summed E-state index contributed by atoms with van der Waals surface area (Å²) in [6.45, 7) is 10.5. The second-order valence-corrected chi connectivity index (χ2v) is 4.23. The van der Waals surface area contributed by atoms with Gasteiger partial charge < -0.3 is 10.2 Å². The van der Waals surface area contributed by atoms with Gasteiger partial charge in [-0.1, -0.05) is 54.4 Å². The summed E-state index contributed by atoms with van der Waals surface area (Å²) < 4.78 is 0. The summed E-state index contributed by atoms with van der Waals surface area (Å²) in [6.07, 6.45) is 1.43. The van der Waals surface area contributed by atoms with Crippen LogP contribution in [0.3, 0.4) is 0 Å². The zero-order chi connectivity index (χ0) is 10.4. The topological polar surface area (TPSA) is 46.1 Å². The molecule has 0 saturated heterocycles. The Kier molecular flexibility index (Phi) is 11.9. The van der Waals surface area contributed by atoms with Crippen molar-refractivity contribution >= 4 is 23.1 Å². The van der Waals surface area contributed by atoms with Gasteiger partial charge >= 0.3 is 23.1 Å². The summed E-state index contributed by atoms with van der Waals surface area (Å²) >= 11 is 0. The van der Waals surface area contributed by atoms with Gasteiger partial charge in [0.05, 0.1) is 0 Å². The van der Waals surface area contributed by atoms with Crippen molar-refractivity contribution in [2.75, 3.05) is 0 Å². The van der Waals surface area contributed by atoms with Crippen LogP contribution >= 0.6 is 0 Å². The summed E-state index contributed by atoms with van der Waals surface area (Å²) in [5.41, 5.74) is -1.42. The van der Waals surface area contributed by atoms with E-state index in [2.05, 4.69) is 0 Å². The molecule has 2 nitrogen and oxygen atoms in total. The Labute approximate surface area is 98.9 Å². The third-order valence-electron chi connectivity index (χ3n) is 1.70. The van der Waals surface area contributed by atoms with Crippen molar-refractivity contribution in [2.45, 2.75) is 65.6 Å². The quantitative estimate of drug-likeness (QED) is 0.613. The molecule has 0 aromatic rings. The monoisotopic (exact) mass is 198 g/mol. The first-order valence-corrected chi connectivity index (χ1v) is 4.53. The number of rotatable bonds is 2. The zero-order valence-corrected chi connectivity index (χ0v) is 11.4. The van der Waals surface area contributed by atoms with Crippen molar-refractivity contribution in [3.05, 3.63) is 0 Å². The smallest absolute Gasteiger partial charge is 0.850 e. The van der Waals surface area contributed by atoms with Crippen LogP contribution in [-0.4, -0.2) is 34.3 Å². The molecule has 3 heteroatoms. The standard InChI is InChI=1S/2C5H11O.Mg/c2*1-4-5(2,3)6;/h2*4H2,1-3H3;/q2*-1;+2. The van der Waals surface area contributed by atoms with E-state index in [1.165, 1.54) is 0 Å². The molecule has 0 aliphatic heterocycles. The van der Waals surface area contributed by atoms with Gasteiger partial charge in [-0.25, -0.2) is 0 Å². The van der Waals surface area contributed by atoms with Gasteiger partial charge in [0.15, 0.2) is 0 Å². The fraction of sp³-hybridized carbons (Fsp3) is 1.00. The van der Waals surface area contributed by atoms with Gasteiger partial charge in [0, 0.05) is 0 Å². The van der Waals surface area contributed by atoms with Gasteiger partial charge in [0.25, 0.3) is 0 Å². The van der Waals surface area contributed by atoms with E-state index in [0.717, 1.165) is 0 Å². The van der Waals surface area contributed by atoms with Crippen LogP contribution in [0.4, 0.5) is 0 Å². The van der Waals surface area contributed by atoms with Crippen LogP contribution in [0, 0.1) is 0 Å². The van der Waals surface area contributed by atoms with Crippen LogP contribution in [0.5, 0.6) is 0 Å². The normalized spacial score (nSPS) is 11.1. The van der Waals surface area contributed by atoms with Gasteiger partial charge in [-0.3, -0.25) is 0 Å². The molecule has 76 valence electrons. The Morgan fingerprint density at radius 3 is 0.846 bits per heavy atom. The average Bonchev–Trinajstić information content (AvgIpc) is 1.86. The molecule has 0 unspecified atom stereocenters. The maximum atomic E-state index is 10.5. The van der Waals surface area contributed by atoms with Crippen LogP contribution in [0.25, 0.3) is 0 Å². The Morgan fingerprint density at radius 2 is 0.846 bits per heavy atom. The predicted molar refractivity (Wildman–Crippen MR) is 54.5 cm³/mol. The van der Waals surface area contributed by atoms with Gasteiger partial charge in [-0.2, -0.15) is 0 Å². The maximum absolute atomic E-state index is 10.5. The number of hydrogen-bond donors (Lipinski definition) is 0. The van der Waals surface area contributed by atoms with Crippen molar-refractivity contribution in [1.29, 1.82) is 0 Å². The van der Waals surface area contributed by atoms with Crippen LogP contribution in [-0.2, 0) is 0 Å². The molecule has 0 spiro atoms. The fourth-order valence-corrected chi connectivity index (χ4v) is 0. The Hall–Kier alpha value is 0.686. The van der Waals surface area contributed by atoms with Crippen molar-refractivity contribution in [3.8, 4) is 0 Å². The van der Waals surface area contributed by atoms with Crippen LogP contribution < -0.4 is 10.2 Å². The largest absolute Gasteiger partial charge is 2.00 e. The molecule has 0 amide bonds. The molecule has 0 aromatic heterocycles. The summed E-state index contributed by atoms with van der Waals surface area (Å²) in [5, 5.41) is 20.9. The molecule has 0 aromatic carbocycles. The molecule has 0 aliphatic rings. The molecule has 0 bridgehead atoms. The van der Waals surface area contributed by atoms with Crippen LogP contribution in [0.1, 0.15) is 54.4 Å². The first kappa shape index (κ1) is 19.3. The van der Waals surface area contributed by atoms with E-state index in [1.807, 2.05) is 13.8 Å². The minimum atomic E-state index is -0.708. The van der Waals surface area contributed by atoms with Gasteiger partial charge in [-0.15, -0.1) is 11.2 Å². The van der Waals surface area contributed by atoms with Gasteiger partial charge in [-0.05, 0) is 0 Å². The van der Waals surface area contributed by atoms with E-state index < -0.39 is 11.2 Å². The van der Waals surface area contributed by atoms with E-state index in [0.29, 0.717) is 12.8 Å². The summed E-state index contributed by atoms with van der Waals surface area (Å²) in [5.74, 6) is 0. The van der Waals surface area contributed by atoms with E-state index in [9.17, 15) is 10.2 Å². The molecular weight excluding hydrogens is 176 g/mol. The molecule has 0 heterocycles. The second-order valence-electron chi connectivity index (χ2n) is 4.23. The molecule has 0 aliphatic carbocycles. The summed E-state index contributed by atoms with van der Waals surface area (Å²) in [7, 11) is 0. The predicted octanol–water partition coefficient (Wildman–Crippen LogP) is 0.690. The third kappa shape index (κ3) is 32.4. The molecule has 0 fully saturated rings. The van der Waals surface area contributed by atoms with Crippen molar-refractivity contribution in [1.82, 2.24) is 0 Å². The molecule has 0 radical (unpaired) electrons. The van der Waals surface area contributed by atoms with Crippen LogP contribution in [0.15, 0.2) is 0 Å². The summed E-state index contributed by atoms with van der Waals surface area (Å²) in [6, 6.07) is 0. The van der Waals surface area contributed by atoms with Gasteiger partial charge in [0.1, 0.15) is 0 Å². The van der Waals surface area contributed by atoms with E-state index >= 15 is 0 Å². The Bertz CT molecular complexity index is 86.5. The van der Waals surface area contributed by atoms with E-state index in [1.54, 1.807) is 27.7 Å². The van der Waals surface area contributed by atoms with Crippen molar-refractivity contribution in [2.24, 2.45) is 0 Å². The molecule has 13 heavy (non-hydrogen) atoms. The Balaban J connectivity index is -0.000000143. The molecule has 0 rings (SSSR count). The molecule has 0 N–H and O–H groups in total. The zero-order valence-electron chi connectivity index (χ0n) is 9.94. The first-order chi connectivity index (χ1) is 5.12. The third-order valence-corrected chi connectivity index (χ3v) is 1.70. The molecule has 0 atom stereocenters. The fourth-order valence-electron chi connectivity index (χ4n) is 0. The van der Waals surface area contributed by atoms with Crippen molar-refractivity contribution < 1.29 is 10.2 Å². The summed E-state index contributed by atoms with van der Waals surface area (Å²) in [4.78, 5) is 0. The number of hydrogen-bond acceptors (Lipinski definition) is 2. The second kappa shape index (κ2) is 8.03. The minimum absolute atomic E-state index is 0. The maximum Gasteiger partial charge on any atom is 2.00 e. The van der Waals surface area contributed by atoms with Gasteiger partial charge in [0.2, 0.25) is 0 Å². The Morgan fingerprint density at radius 1 is 0.769 bits per heavy atom. The van der Waals surface area contributed by atoms with Crippen LogP contribution in [0.2, 0.25) is 0 Å².